The number of ether oxygens (including phenoxy) is 1. The zero-order valence-electron chi connectivity index (χ0n) is 11.2. The van der Waals surface area contributed by atoms with Crippen LogP contribution in [0, 0.1) is 22.9 Å². The van der Waals surface area contributed by atoms with E-state index in [9.17, 15) is 19.3 Å². The predicted molar refractivity (Wildman–Crippen MR) is 69.9 cm³/mol. The number of nitro groups is 1. The van der Waals surface area contributed by atoms with Crippen LogP contribution in [-0.4, -0.2) is 30.0 Å². The lowest BCUT2D eigenvalue weighted by Crippen LogP contribution is -2.45. The predicted octanol–water partition coefficient (Wildman–Crippen LogP) is 0.885. The van der Waals surface area contributed by atoms with Crippen LogP contribution in [0.15, 0.2) is 12.1 Å². The van der Waals surface area contributed by atoms with E-state index in [0.29, 0.717) is 6.54 Å². The summed E-state index contributed by atoms with van der Waals surface area (Å²) in [6, 6.07) is 1.25. The monoisotopic (exact) mass is 285 g/mol. The molecule has 0 saturated heterocycles. The molecule has 0 heterocycles. The van der Waals surface area contributed by atoms with Crippen molar-refractivity contribution in [2.45, 2.75) is 19.9 Å². The van der Waals surface area contributed by atoms with E-state index in [4.69, 9.17) is 10.5 Å². The fraction of sp³-hybridized carbons (Fsp3) is 0.417. The van der Waals surface area contributed by atoms with Gasteiger partial charge < -0.3 is 15.8 Å². The number of nitrogens with two attached hydrogens (primary N) is 1. The van der Waals surface area contributed by atoms with Gasteiger partial charge in [0.15, 0.2) is 11.6 Å². The van der Waals surface area contributed by atoms with E-state index in [-0.39, 0.29) is 23.6 Å². The highest BCUT2D eigenvalue weighted by Gasteiger charge is 2.19. The third-order valence-electron chi connectivity index (χ3n) is 2.65. The lowest BCUT2D eigenvalue weighted by atomic mass is 10.2. The molecule has 0 aromatic heterocycles. The van der Waals surface area contributed by atoms with Crippen molar-refractivity contribution in [3.8, 4) is 5.75 Å². The summed E-state index contributed by atoms with van der Waals surface area (Å²) in [7, 11) is 0. The summed E-state index contributed by atoms with van der Waals surface area (Å²) in [5.74, 6) is -1.63. The number of aryl methyl sites for hydroxylation is 1. The van der Waals surface area contributed by atoms with Gasteiger partial charge in [0, 0.05) is 5.56 Å². The number of rotatable bonds is 7. The number of nitrogens with zero attached hydrogens (tertiary/aromatic N) is 1. The Morgan fingerprint density at radius 3 is 2.75 bits per heavy atom. The molecule has 7 nitrogen and oxygen atoms in total. The highest BCUT2D eigenvalue weighted by atomic mass is 19.1. The number of nitrogens with one attached hydrogen (secondary N) is 1. The summed E-state index contributed by atoms with van der Waals surface area (Å²) < 4.78 is 18.8. The first-order valence-corrected chi connectivity index (χ1v) is 5.96. The number of amides is 1. The Labute approximate surface area is 115 Å². The number of carbonyl (C=O) groups excluding carboxylic acids is 1. The Balaban J connectivity index is 2.85. The molecule has 0 radical (unpaired) electrons. The number of hydrogen-bond donors (Lipinski definition) is 2. The molecule has 0 spiro atoms. The van der Waals surface area contributed by atoms with E-state index < -0.39 is 22.7 Å². The summed E-state index contributed by atoms with van der Waals surface area (Å²) in [4.78, 5) is 21.1. The maximum absolute atomic E-state index is 13.7. The summed E-state index contributed by atoms with van der Waals surface area (Å²) >= 11 is 0. The normalized spacial score (nSPS) is 11.9. The van der Waals surface area contributed by atoms with Gasteiger partial charge in [0.2, 0.25) is 5.91 Å². The molecular formula is C12H16FN3O4. The number of benzene rings is 1. The molecule has 1 rings (SSSR count). The molecular weight excluding hydrogens is 269 g/mol. The first-order valence-electron chi connectivity index (χ1n) is 5.96. The fourth-order valence-corrected chi connectivity index (χ4v) is 1.61. The van der Waals surface area contributed by atoms with Crippen LogP contribution in [0.1, 0.15) is 12.5 Å². The molecule has 3 N–H and O–H groups in total. The third-order valence-corrected chi connectivity index (χ3v) is 2.65. The zero-order chi connectivity index (χ0) is 15.3. The molecule has 1 aromatic rings. The standard InChI is InChI=1S/C12H16FN3O4/c1-3-15-9(12(14)17)6-20-11-4-7(2)10(16(18)19)5-8(11)13/h4-5,9,15H,3,6H2,1-2H3,(H2,14,17). The Kier molecular flexibility index (Phi) is 5.39. The molecule has 0 aliphatic rings. The number of hydrogen-bond acceptors (Lipinski definition) is 5. The van der Waals surface area contributed by atoms with Gasteiger partial charge in [-0.3, -0.25) is 14.9 Å². The van der Waals surface area contributed by atoms with Crippen LogP contribution in [0.3, 0.4) is 0 Å². The number of carbonyl (C=O) groups is 1. The molecule has 1 aromatic carbocycles. The lowest BCUT2D eigenvalue weighted by Gasteiger charge is -2.15. The average molecular weight is 285 g/mol. The van der Waals surface area contributed by atoms with Crippen LogP contribution in [0.2, 0.25) is 0 Å². The van der Waals surface area contributed by atoms with Gasteiger partial charge in [0.05, 0.1) is 11.0 Å². The lowest BCUT2D eigenvalue weighted by molar-refractivity contribution is -0.385. The maximum atomic E-state index is 13.7. The van der Waals surface area contributed by atoms with Crippen molar-refractivity contribution in [2.75, 3.05) is 13.2 Å². The molecule has 0 bridgehead atoms. The molecule has 0 saturated carbocycles. The summed E-state index contributed by atoms with van der Waals surface area (Å²) in [6.07, 6.45) is 0. The SMILES string of the molecule is CCNC(COc1cc(C)c([N+](=O)[O-])cc1F)C(N)=O. The zero-order valence-corrected chi connectivity index (χ0v) is 11.2. The van der Waals surface area contributed by atoms with Crippen molar-refractivity contribution in [3.05, 3.63) is 33.6 Å². The quantitative estimate of drug-likeness (QED) is 0.571. The number of likely N-dealkylation sites (N-methyl/N-ethyl adjacent to an activating group) is 1. The molecule has 0 fully saturated rings. The van der Waals surface area contributed by atoms with E-state index in [1.807, 2.05) is 0 Å². The second-order valence-corrected chi connectivity index (χ2v) is 4.15. The van der Waals surface area contributed by atoms with Crippen molar-refractivity contribution in [2.24, 2.45) is 5.73 Å². The van der Waals surface area contributed by atoms with Gasteiger partial charge in [0.1, 0.15) is 12.6 Å². The maximum Gasteiger partial charge on any atom is 0.275 e. The fourth-order valence-electron chi connectivity index (χ4n) is 1.61. The van der Waals surface area contributed by atoms with E-state index in [1.165, 1.54) is 13.0 Å². The second-order valence-electron chi connectivity index (χ2n) is 4.15. The largest absolute Gasteiger partial charge is 0.488 e. The van der Waals surface area contributed by atoms with Crippen molar-refractivity contribution in [3.63, 3.8) is 0 Å². The average Bonchev–Trinajstić information content (AvgIpc) is 2.36. The van der Waals surface area contributed by atoms with Crippen LogP contribution in [0.5, 0.6) is 5.75 Å². The Morgan fingerprint density at radius 1 is 1.60 bits per heavy atom. The van der Waals surface area contributed by atoms with Crippen molar-refractivity contribution < 1.29 is 18.8 Å². The molecule has 0 aliphatic heterocycles. The Bertz CT molecular complexity index is 522. The van der Waals surface area contributed by atoms with Gasteiger partial charge in [-0.05, 0) is 19.5 Å². The summed E-state index contributed by atoms with van der Waals surface area (Å²) in [5.41, 5.74) is 5.10. The minimum Gasteiger partial charge on any atom is -0.488 e. The van der Waals surface area contributed by atoms with Gasteiger partial charge in [-0.1, -0.05) is 6.92 Å². The van der Waals surface area contributed by atoms with Crippen molar-refractivity contribution in [1.29, 1.82) is 0 Å². The molecule has 110 valence electrons. The minimum atomic E-state index is -0.859. The van der Waals surface area contributed by atoms with Crippen molar-refractivity contribution in [1.82, 2.24) is 5.32 Å². The molecule has 20 heavy (non-hydrogen) atoms. The smallest absolute Gasteiger partial charge is 0.275 e. The molecule has 8 heteroatoms. The number of nitro benzene ring substituents is 1. The van der Waals surface area contributed by atoms with Crippen LogP contribution >= 0.6 is 0 Å². The first-order chi connectivity index (χ1) is 9.36. The number of primary amides is 1. The Hall–Kier alpha value is -2.22. The third kappa shape index (κ3) is 3.89. The van der Waals surface area contributed by atoms with Crippen molar-refractivity contribution >= 4 is 11.6 Å². The van der Waals surface area contributed by atoms with Gasteiger partial charge in [0.25, 0.3) is 5.69 Å². The van der Waals surface area contributed by atoms with Gasteiger partial charge >= 0.3 is 0 Å². The Morgan fingerprint density at radius 2 is 2.25 bits per heavy atom. The highest BCUT2D eigenvalue weighted by molar-refractivity contribution is 5.80. The van der Waals surface area contributed by atoms with Crippen LogP contribution in [0.25, 0.3) is 0 Å². The topological polar surface area (TPSA) is 107 Å². The first kappa shape index (κ1) is 15.8. The van der Waals surface area contributed by atoms with E-state index in [1.54, 1.807) is 6.92 Å². The minimum absolute atomic E-state index is 0.155. The summed E-state index contributed by atoms with van der Waals surface area (Å²) in [6.45, 7) is 3.60. The molecule has 0 aliphatic carbocycles. The van der Waals surface area contributed by atoms with Crippen LogP contribution < -0.4 is 15.8 Å². The van der Waals surface area contributed by atoms with E-state index in [0.717, 1.165) is 6.07 Å². The van der Waals surface area contributed by atoms with Gasteiger partial charge in [-0.15, -0.1) is 0 Å². The van der Waals surface area contributed by atoms with Crippen LogP contribution in [-0.2, 0) is 4.79 Å². The van der Waals surface area contributed by atoms with E-state index >= 15 is 0 Å². The highest BCUT2D eigenvalue weighted by Crippen LogP contribution is 2.27. The van der Waals surface area contributed by atoms with Crippen LogP contribution in [0.4, 0.5) is 10.1 Å². The molecule has 1 unspecified atom stereocenters. The molecule has 1 atom stereocenters. The number of halogens is 1. The molecule has 1 amide bonds. The summed E-state index contributed by atoms with van der Waals surface area (Å²) in [5, 5.41) is 13.4. The second kappa shape index (κ2) is 6.80. The van der Waals surface area contributed by atoms with Gasteiger partial charge in [-0.2, -0.15) is 0 Å². The van der Waals surface area contributed by atoms with Gasteiger partial charge in [-0.25, -0.2) is 4.39 Å². The van der Waals surface area contributed by atoms with E-state index in [2.05, 4.69) is 5.32 Å².